The van der Waals surface area contributed by atoms with Gasteiger partial charge in [0.1, 0.15) is 5.75 Å². The number of hydrogen-bond donors (Lipinski definition) is 0. The molecule has 32 heavy (non-hydrogen) atoms. The molecule has 3 rings (SSSR count). The first-order chi connectivity index (χ1) is 15.2. The van der Waals surface area contributed by atoms with Crippen molar-refractivity contribution < 1.29 is 17.9 Å². The zero-order valence-electron chi connectivity index (χ0n) is 16.8. The molecule has 0 aliphatic heterocycles. The Kier molecular flexibility index (Phi) is 7.85. The summed E-state index contributed by atoms with van der Waals surface area (Å²) < 4.78 is 32.9. The zero-order valence-corrected chi connectivity index (χ0v) is 19.9. The third-order valence-electron chi connectivity index (χ3n) is 4.30. The highest BCUT2D eigenvalue weighted by Gasteiger charge is 2.30. The molecule has 0 saturated carbocycles. The number of carbonyl (C=O) groups is 1. The van der Waals surface area contributed by atoms with Crippen molar-refractivity contribution in [3.05, 3.63) is 93.4 Å². The first-order valence-corrected chi connectivity index (χ1v) is 12.0. The van der Waals surface area contributed by atoms with Gasteiger partial charge in [0.25, 0.3) is 15.9 Å². The molecule has 0 spiro atoms. The van der Waals surface area contributed by atoms with Crippen LogP contribution in [0.4, 0.5) is 5.69 Å². The van der Waals surface area contributed by atoms with Crippen LogP contribution >= 0.6 is 34.8 Å². The fourth-order valence-corrected chi connectivity index (χ4v) is 4.79. The molecular formula is C23H18Cl3NO4S. The van der Waals surface area contributed by atoms with Crippen LogP contribution in [0.1, 0.15) is 12.5 Å². The minimum absolute atomic E-state index is 0.0814. The van der Waals surface area contributed by atoms with E-state index in [1.165, 1.54) is 48.5 Å². The molecule has 0 atom stereocenters. The summed E-state index contributed by atoms with van der Waals surface area (Å²) in [6, 6.07) is 16.5. The monoisotopic (exact) mass is 509 g/mol. The maximum atomic E-state index is 13.4. The Morgan fingerprint density at radius 2 is 1.56 bits per heavy atom. The third kappa shape index (κ3) is 5.64. The molecule has 3 aromatic rings. The summed E-state index contributed by atoms with van der Waals surface area (Å²) in [5.41, 5.74) is 0.667. The first kappa shape index (κ1) is 24.1. The predicted octanol–water partition coefficient (Wildman–Crippen LogP) is 6.48. The molecule has 1 amide bonds. The molecule has 0 aliphatic carbocycles. The Balaban J connectivity index is 2.03. The van der Waals surface area contributed by atoms with Crippen molar-refractivity contribution in [3.8, 4) is 5.75 Å². The molecule has 5 nitrogen and oxygen atoms in total. The van der Waals surface area contributed by atoms with E-state index in [9.17, 15) is 13.2 Å². The summed E-state index contributed by atoms with van der Waals surface area (Å²) in [4.78, 5) is 13.0. The van der Waals surface area contributed by atoms with Crippen LogP contribution in [0, 0.1) is 0 Å². The lowest BCUT2D eigenvalue weighted by atomic mass is 10.2. The van der Waals surface area contributed by atoms with E-state index in [1.807, 2.05) is 6.92 Å². The second kappa shape index (κ2) is 10.4. The molecule has 0 N–H and O–H groups in total. The van der Waals surface area contributed by atoms with Crippen molar-refractivity contribution in [1.29, 1.82) is 0 Å². The van der Waals surface area contributed by atoms with Crippen LogP contribution in [0.15, 0.2) is 77.7 Å². The number of rotatable bonds is 7. The van der Waals surface area contributed by atoms with Crippen LogP contribution in [-0.2, 0) is 14.8 Å². The zero-order chi connectivity index (χ0) is 23.3. The lowest BCUT2D eigenvalue weighted by Gasteiger charge is -2.21. The van der Waals surface area contributed by atoms with Gasteiger partial charge in [-0.3, -0.25) is 4.79 Å². The van der Waals surface area contributed by atoms with Crippen molar-refractivity contribution in [3.63, 3.8) is 0 Å². The summed E-state index contributed by atoms with van der Waals surface area (Å²) in [6.45, 7) is 2.29. The largest absolute Gasteiger partial charge is 0.494 e. The van der Waals surface area contributed by atoms with E-state index in [0.717, 1.165) is 6.08 Å². The second-order valence-electron chi connectivity index (χ2n) is 6.49. The lowest BCUT2D eigenvalue weighted by Crippen LogP contribution is -2.35. The molecule has 166 valence electrons. The smallest absolute Gasteiger partial charge is 0.271 e. The number of hydrogen-bond acceptors (Lipinski definition) is 4. The average molecular weight is 511 g/mol. The Hall–Kier alpha value is -2.51. The Labute approximate surface area is 201 Å². The molecule has 0 heterocycles. The van der Waals surface area contributed by atoms with Crippen LogP contribution in [0.25, 0.3) is 6.08 Å². The fourth-order valence-electron chi connectivity index (χ4n) is 2.81. The van der Waals surface area contributed by atoms with E-state index in [-0.39, 0.29) is 10.6 Å². The summed E-state index contributed by atoms with van der Waals surface area (Å²) in [6.07, 6.45) is 2.57. The highest BCUT2D eigenvalue weighted by molar-refractivity contribution is 7.93. The molecule has 3 aromatic carbocycles. The van der Waals surface area contributed by atoms with Gasteiger partial charge in [0.15, 0.2) is 0 Å². The van der Waals surface area contributed by atoms with Crippen LogP contribution < -0.4 is 9.04 Å². The quantitative estimate of drug-likeness (QED) is 0.341. The van der Waals surface area contributed by atoms with Gasteiger partial charge < -0.3 is 4.74 Å². The Morgan fingerprint density at radius 1 is 0.938 bits per heavy atom. The molecule has 0 radical (unpaired) electrons. The van der Waals surface area contributed by atoms with Gasteiger partial charge in [-0.1, -0.05) is 40.9 Å². The highest BCUT2D eigenvalue weighted by atomic mass is 35.5. The molecule has 0 fully saturated rings. The van der Waals surface area contributed by atoms with Crippen molar-refractivity contribution in [2.75, 3.05) is 10.9 Å². The van der Waals surface area contributed by atoms with Gasteiger partial charge in [0.05, 0.1) is 17.2 Å². The number of halogens is 3. The van der Waals surface area contributed by atoms with Gasteiger partial charge in [-0.15, -0.1) is 0 Å². The van der Waals surface area contributed by atoms with Crippen molar-refractivity contribution in [2.45, 2.75) is 11.8 Å². The third-order valence-corrected chi connectivity index (χ3v) is 6.86. The summed E-state index contributed by atoms with van der Waals surface area (Å²) >= 11 is 17.9. The number of anilines is 1. The van der Waals surface area contributed by atoms with Crippen LogP contribution in [0.2, 0.25) is 15.1 Å². The summed E-state index contributed by atoms with van der Waals surface area (Å²) in [5, 5.41) is 1.15. The normalized spacial score (nSPS) is 11.5. The molecule has 9 heteroatoms. The average Bonchev–Trinajstić information content (AvgIpc) is 2.75. The Bertz CT molecular complexity index is 1240. The number of ether oxygens (including phenoxy) is 1. The van der Waals surface area contributed by atoms with E-state index in [0.29, 0.717) is 37.3 Å². The number of sulfonamides is 1. The predicted molar refractivity (Wildman–Crippen MR) is 129 cm³/mol. The van der Waals surface area contributed by atoms with Crippen molar-refractivity contribution in [1.82, 2.24) is 0 Å². The number of carbonyl (C=O) groups excluding carboxylic acids is 1. The van der Waals surface area contributed by atoms with Gasteiger partial charge in [-0.2, -0.15) is 4.31 Å². The molecule has 0 aromatic heterocycles. The van der Waals surface area contributed by atoms with E-state index in [4.69, 9.17) is 39.5 Å². The highest BCUT2D eigenvalue weighted by Crippen LogP contribution is 2.28. The van der Waals surface area contributed by atoms with E-state index in [1.54, 1.807) is 24.3 Å². The SMILES string of the molecule is CCOc1ccc(N(C(=O)/C=C/c2ccc(Cl)cc2Cl)S(=O)(=O)c2ccc(Cl)cc2)cc1. The molecule has 0 unspecified atom stereocenters. The van der Waals surface area contributed by atoms with Crippen molar-refractivity contribution >= 4 is 62.5 Å². The molecule has 0 saturated heterocycles. The summed E-state index contributed by atoms with van der Waals surface area (Å²) in [7, 11) is -4.24. The van der Waals surface area contributed by atoms with E-state index in [2.05, 4.69) is 0 Å². The standard InChI is InChI=1S/C23H18Cl3NO4S/c1-2-31-20-10-8-19(9-11-20)27(32(29,30)21-12-6-17(24)7-13-21)23(28)14-4-16-3-5-18(25)15-22(16)26/h3-15H,2H2,1H3/b14-4+. The number of benzene rings is 3. The molecule has 0 aliphatic rings. The van der Waals surface area contributed by atoms with Gasteiger partial charge in [0.2, 0.25) is 0 Å². The van der Waals surface area contributed by atoms with Gasteiger partial charge in [-0.25, -0.2) is 8.42 Å². The van der Waals surface area contributed by atoms with E-state index >= 15 is 0 Å². The number of nitrogens with zero attached hydrogens (tertiary/aromatic N) is 1. The summed E-state index contributed by atoms with van der Waals surface area (Å²) in [5.74, 6) is -0.230. The maximum absolute atomic E-state index is 13.4. The molecular weight excluding hydrogens is 493 g/mol. The van der Waals surface area contributed by atoms with Gasteiger partial charge in [0, 0.05) is 21.1 Å². The van der Waals surface area contributed by atoms with Crippen LogP contribution in [0.3, 0.4) is 0 Å². The minimum atomic E-state index is -4.24. The topological polar surface area (TPSA) is 63.7 Å². The second-order valence-corrected chi connectivity index (χ2v) is 9.55. The van der Waals surface area contributed by atoms with Crippen molar-refractivity contribution in [2.24, 2.45) is 0 Å². The van der Waals surface area contributed by atoms with E-state index < -0.39 is 15.9 Å². The number of amides is 1. The maximum Gasteiger partial charge on any atom is 0.271 e. The van der Waals surface area contributed by atoms with Crippen LogP contribution in [0.5, 0.6) is 5.75 Å². The fraction of sp³-hybridized carbons (Fsp3) is 0.0870. The van der Waals surface area contributed by atoms with Crippen LogP contribution in [-0.4, -0.2) is 20.9 Å². The minimum Gasteiger partial charge on any atom is -0.494 e. The Morgan fingerprint density at radius 3 is 2.16 bits per heavy atom. The van der Waals surface area contributed by atoms with Gasteiger partial charge >= 0.3 is 0 Å². The lowest BCUT2D eigenvalue weighted by molar-refractivity contribution is -0.113. The first-order valence-electron chi connectivity index (χ1n) is 9.43. The van der Waals surface area contributed by atoms with Gasteiger partial charge in [-0.05, 0) is 79.2 Å². The molecule has 0 bridgehead atoms.